The zero-order chi connectivity index (χ0) is 20.9. The predicted octanol–water partition coefficient (Wildman–Crippen LogP) is 3.45. The van der Waals surface area contributed by atoms with Crippen LogP contribution in [0.5, 0.6) is 0 Å². The number of halogens is 1. The summed E-state index contributed by atoms with van der Waals surface area (Å²) >= 11 is 0. The first-order chi connectivity index (χ1) is 14.6. The highest BCUT2D eigenvalue weighted by molar-refractivity contribution is 14.0. The normalized spacial score (nSPS) is 16.2. The molecule has 1 unspecified atom stereocenters. The van der Waals surface area contributed by atoms with Crippen molar-refractivity contribution >= 4 is 35.6 Å². The van der Waals surface area contributed by atoms with E-state index >= 15 is 0 Å². The molecular formula is C23H30IN7. The highest BCUT2D eigenvalue weighted by atomic mass is 127. The zero-order valence-electron chi connectivity index (χ0n) is 18.2. The van der Waals surface area contributed by atoms with Gasteiger partial charge in [-0.1, -0.05) is 23.8 Å². The molecule has 0 amide bonds. The van der Waals surface area contributed by atoms with Crippen molar-refractivity contribution < 1.29 is 0 Å². The number of aryl methyl sites for hydroxylation is 2. The lowest BCUT2D eigenvalue weighted by molar-refractivity contribution is 0.648. The predicted molar refractivity (Wildman–Crippen MR) is 137 cm³/mol. The van der Waals surface area contributed by atoms with E-state index in [0.29, 0.717) is 12.6 Å². The molecule has 0 bridgehead atoms. The Labute approximate surface area is 201 Å². The van der Waals surface area contributed by atoms with Crippen molar-refractivity contribution in [2.24, 2.45) is 4.99 Å². The summed E-state index contributed by atoms with van der Waals surface area (Å²) in [6.45, 7) is 6.79. The number of hydrogen-bond donors (Lipinski definition) is 2. The average Bonchev–Trinajstić information content (AvgIpc) is 3.41. The smallest absolute Gasteiger partial charge is 0.191 e. The van der Waals surface area contributed by atoms with Gasteiger partial charge in [-0.05, 0) is 44.0 Å². The Balaban J connectivity index is 0.00000272. The number of pyridine rings is 1. The van der Waals surface area contributed by atoms with Crippen LogP contribution in [0, 0.1) is 13.8 Å². The van der Waals surface area contributed by atoms with Crippen LogP contribution < -0.4 is 15.5 Å². The van der Waals surface area contributed by atoms with Crippen LogP contribution in [0.2, 0.25) is 0 Å². The fourth-order valence-electron chi connectivity index (χ4n) is 3.73. The van der Waals surface area contributed by atoms with Crippen LogP contribution in [0.15, 0.2) is 60.0 Å². The standard InChI is InChI=1S/C23H29N7.HI/c1-17-4-7-21(8-5-17)29-12-10-20(16-29)28-23(24-3)27-15-19-6-9-22(26-14-19)30-13-11-25-18(30)2;/h4-9,11,13-14,20H,10,12,15-16H2,1-3H3,(H2,24,27,28);1H. The first kappa shape index (κ1) is 23.1. The fraction of sp³-hybridized carbons (Fsp3) is 0.348. The SMILES string of the molecule is CN=C(NCc1ccc(-n2ccnc2C)nc1)NC1CCN(c2ccc(C)cc2)C1.I. The molecule has 1 atom stereocenters. The minimum Gasteiger partial charge on any atom is -0.369 e. The van der Waals surface area contributed by atoms with Crippen LogP contribution in [-0.2, 0) is 6.54 Å². The van der Waals surface area contributed by atoms with Crippen LogP contribution in [0.25, 0.3) is 5.82 Å². The van der Waals surface area contributed by atoms with Crippen molar-refractivity contribution in [3.05, 3.63) is 71.9 Å². The summed E-state index contributed by atoms with van der Waals surface area (Å²) in [4.78, 5) is 15.6. The van der Waals surface area contributed by atoms with Crippen molar-refractivity contribution in [2.75, 3.05) is 25.0 Å². The van der Waals surface area contributed by atoms with E-state index < -0.39 is 0 Å². The largest absolute Gasteiger partial charge is 0.369 e. The van der Waals surface area contributed by atoms with Gasteiger partial charge < -0.3 is 15.5 Å². The number of rotatable bonds is 5. The van der Waals surface area contributed by atoms with Crippen molar-refractivity contribution in [3.63, 3.8) is 0 Å². The van der Waals surface area contributed by atoms with Gasteiger partial charge in [0.2, 0.25) is 0 Å². The van der Waals surface area contributed by atoms with Crippen LogP contribution >= 0.6 is 24.0 Å². The number of nitrogens with zero attached hydrogens (tertiary/aromatic N) is 5. The monoisotopic (exact) mass is 531 g/mol. The molecule has 1 saturated heterocycles. The van der Waals surface area contributed by atoms with Gasteiger partial charge in [-0.25, -0.2) is 9.97 Å². The van der Waals surface area contributed by atoms with Gasteiger partial charge in [0.05, 0.1) is 0 Å². The number of aliphatic imine (C=N–C) groups is 1. The van der Waals surface area contributed by atoms with E-state index in [1.54, 1.807) is 6.20 Å². The van der Waals surface area contributed by atoms with Gasteiger partial charge in [-0.2, -0.15) is 0 Å². The van der Waals surface area contributed by atoms with E-state index in [0.717, 1.165) is 42.7 Å². The molecule has 1 fully saturated rings. The van der Waals surface area contributed by atoms with E-state index in [-0.39, 0.29) is 24.0 Å². The maximum Gasteiger partial charge on any atom is 0.191 e. The Bertz CT molecular complexity index is 996. The molecule has 0 saturated carbocycles. The Morgan fingerprint density at radius 2 is 1.94 bits per heavy atom. The average molecular weight is 531 g/mol. The lowest BCUT2D eigenvalue weighted by Gasteiger charge is -2.20. The minimum atomic E-state index is 0. The Hall–Kier alpha value is -2.62. The minimum absolute atomic E-state index is 0. The van der Waals surface area contributed by atoms with E-state index in [1.165, 1.54) is 11.3 Å². The van der Waals surface area contributed by atoms with Crippen molar-refractivity contribution in [1.29, 1.82) is 0 Å². The molecule has 0 radical (unpaired) electrons. The van der Waals surface area contributed by atoms with Crippen molar-refractivity contribution in [1.82, 2.24) is 25.2 Å². The van der Waals surface area contributed by atoms with Crippen LogP contribution in [0.3, 0.4) is 0 Å². The lowest BCUT2D eigenvalue weighted by Crippen LogP contribution is -2.44. The molecular weight excluding hydrogens is 501 g/mol. The number of anilines is 1. The van der Waals surface area contributed by atoms with Crippen LogP contribution in [0.4, 0.5) is 5.69 Å². The fourth-order valence-corrected chi connectivity index (χ4v) is 3.73. The van der Waals surface area contributed by atoms with Crippen LogP contribution in [-0.4, -0.2) is 46.7 Å². The molecule has 1 aromatic carbocycles. The first-order valence-corrected chi connectivity index (χ1v) is 10.4. The molecule has 1 aliphatic rings. The molecule has 31 heavy (non-hydrogen) atoms. The van der Waals surface area contributed by atoms with Crippen molar-refractivity contribution in [3.8, 4) is 5.82 Å². The van der Waals surface area contributed by atoms with Gasteiger partial charge in [0, 0.05) is 57.0 Å². The Kier molecular flexibility index (Phi) is 7.89. The highest BCUT2D eigenvalue weighted by Crippen LogP contribution is 2.20. The molecule has 164 valence electrons. The molecule has 7 nitrogen and oxygen atoms in total. The maximum absolute atomic E-state index is 4.55. The molecule has 8 heteroatoms. The molecule has 3 heterocycles. The number of imidazole rings is 1. The number of nitrogens with one attached hydrogen (secondary N) is 2. The summed E-state index contributed by atoms with van der Waals surface area (Å²) in [7, 11) is 1.81. The van der Waals surface area contributed by atoms with Gasteiger partial charge in [0.15, 0.2) is 5.96 Å². The number of benzene rings is 1. The summed E-state index contributed by atoms with van der Waals surface area (Å²) < 4.78 is 1.97. The second-order valence-corrected chi connectivity index (χ2v) is 7.71. The van der Waals surface area contributed by atoms with Gasteiger partial charge in [-0.3, -0.25) is 9.56 Å². The second-order valence-electron chi connectivity index (χ2n) is 7.71. The van der Waals surface area contributed by atoms with E-state index in [9.17, 15) is 0 Å². The quantitative estimate of drug-likeness (QED) is 0.300. The first-order valence-electron chi connectivity index (χ1n) is 10.4. The molecule has 2 aromatic heterocycles. The third-order valence-electron chi connectivity index (χ3n) is 5.49. The van der Waals surface area contributed by atoms with E-state index in [2.05, 4.69) is 67.7 Å². The van der Waals surface area contributed by atoms with Crippen LogP contribution in [0.1, 0.15) is 23.4 Å². The summed E-state index contributed by atoms with van der Waals surface area (Å²) in [5.41, 5.74) is 3.68. The number of guanidine groups is 1. The molecule has 2 N–H and O–H groups in total. The van der Waals surface area contributed by atoms with E-state index in [4.69, 9.17) is 0 Å². The summed E-state index contributed by atoms with van der Waals surface area (Å²) in [5, 5.41) is 6.95. The maximum atomic E-state index is 4.55. The number of hydrogen-bond acceptors (Lipinski definition) is 4. The van der Waals surface area contributed by atoms with Gasteiger partial charge in [-0.15, -0.1) is 24.0 Å². The molecule has 1 aliphatic heterocycles. The highest BCUT2D eigenvalue weighted by Gasteiger charge is 2.23. The molecule has 3 aromatic rings. The molecule has 0 spiro atoms. The summed E-state index contributed by atoms with van der Waals surface area (Å²) in [6, 6.07) is 13.2. The van der Waals surface area contributed by atoms with Gasteiger partial charge in [0.1, 0.15) is 11.6 Å². The Morgan fingerprint density at radius 3 is 2.58 bits per heavy atom. The topological polar surface area (TPSA) is 70.4 Å². The van der Waals surface area contributed by atoms with E-state index in [1.807, 2.05) is 37.0 Å². The third-order valence-corrected chi connectivity index (χ3v) is 5.49. The second kappa shape index (κ2) is 10.6. The Morgan fingerprint density at radius 1 is 1.13 bits per heavy atom. The lowest BCUT2D eigenvalue weighted by atomic mass is 10.2. The zero-order valence-corrected chi connectivity index (χ0v) is 20.6. The molecule has 4 rings (SSSR count). The summed E-state index contributed by atoms with van der Waals surface area (Å²) in [6.07, 6.45) is 6.69. The van der Waals surface area contributed by atoms with Gasteiger partial charge in [0.25, 0.3) is 0 Å². The molecule has 0 aliphatic carbocycles. The summed E-state index contributed by atoms with van der Waals surface area (Å²) in [5.74, 6) is 2.62. The van der Waals surface area contributed by atoms with Gasteiger partial charge >= 0.3 is 0 Å². The van der Waals surface area contributed by atoms with Crippen molar-refractivity contribution in [2.45, 2.75) is 32.9 Å². The number of aromatic nitrogens is 3. The third kappa shape index (κ3) is 5.75.